The lowest BCUT2D eigenvalue weighted by molar-refractivity contribution is -0.141. The fourth-order valence-electron chi connectivity index (χ4n) is 3.95. The smallest absolute Gasteiger partial charge is 0.369 e. The number of halogens is 4. The summed E-state index contributed by atoms with van der Waals surface area (Å²) in [6, 6.07) is 22.2. The lowest BCUT2D eigenvalue weighted by Crippen LogP contribution is -2.17. The number of carbonyl (C=O) groups is 1. The number of carbonyl (C=O) groups excluding carboxylic acids is 1. The number of nitrogens with zero attached hydrogens (tertiary/aromatic N) is 2. The number of aromatic nitrogens is 2. The van der Waals surface area contributed by atoms with Gasteiger partial charge in [0.15, 0.2) is 5.69 Å². The molecule has 37 heavy (non-hydrogen) atoms. The molecular formula is C28H25ClF3N3O2. The first-order valence-corrected chi connectivity index (χ1v) is 12.1. The second-order valence-electron chi connectivity index (χ2n) is 8.29. The summed E-state index contributed by atoms with van der Waals surface area (Å²) in [6.07, 6.45) is -4.47. The third-order valence-electron chi connectivity index (χ3n) is 5.77. The van der Waals surface area contributed by atoms with E-state index in [1.807, 2.05) is 50.2 Å². The molecule has 1 unspecified atom stereocenters. The molecule has 1 aromatic heterocycles. The van der Waals surface area contributed by atoms with E-state index < -0.39 is 23.9 Å². The van der Waals surface area contributed by atoms with Crippen LogP contribution in [0.15, 0.2) is 78.9 Å². The van der Waals surface area contributed by atoms with Crippen LogP contribution < -0.4 is 5.32 Å². The van der Waals surface area contributed by atoms with Crippen LogP contribution in [-0.4, -0.2) is 22.3 Å². The number of rotatable bonds is 8. The number of benzene rings is 3. The highest BCUT2D eigenvalue weighted by atomic mass is 35.5. The summed E-state index contributed by atoms with van der Waals surface area (Å²) < 4.78 is 47.5. The molecule has 0 aliphatic rings. The molecule has 4 rings (SSSR count). The van der Waals surface area contributed by atoms with Gasteiger partial charge in [-0.25, -0.2) is 4.68 Å². The third kappa shape index (κ3) is 6.03. The molecule has 0 saturated carbocycles. The molecule has 0 aliphatic heterocycles. The highest BCUT2D eigenvalue weighted by molar-refractivity contribution is 6.34. The lowest BCUT2D eigenvalue weighted by atomic mass is 10.0. The Hall–Kier alpha value is -3.62. The molecule has 0 fully saturated rings. The molecular weight excluding hydrogens is 503 g/mol. The molecule has 1 amide bonds. The van der Waals surface area contributed by atoms with Gasteiger partial charge in [0.1, 0.15) is 11.8 Å². The first-order valence-electron chi connectivity index (χ1n) is 11.7. The second-order valence-corrected chi connectivity index (χ2v) is 8.69. The number of ether oxygens (including phenoxy) is 1. The van der Waals surface area contributed by atoms with Gasteiger partial charge in [0, 0.05) is 12.7 Å². The van der Waals surface area contributed by atoms with Crippen molar-refractivity contribution in [2.24, 2.45) is 0 Å². The fraction of sp³-hybridized carbons (Fsp3) is 0.214. The zero-order chi connectivity index (χ0) is 26.6. The van der Waals surface area contributed by atoms with E-state index in [4.69, 9.17) is 16.3 Å². The van der Waals surface area contributed by atoms with Gasteiger partial charge < -0.3 is 10.1 Å². The molecule has 0 bridgehead atoms. The summed E-state index contributed by atoms with van der Waals surface area (Å²) in [6.45, 7) is 4.25. The molecule has 9 heteroatoms. The largest absolute Gasteiger partial charge is 0.435 e. The van der Waals surface area contributed by atoms with E-state index in [9.17, 15) is 18.0 Å². The average molecular weight is 528 g/mol. The standard InChI is InChI=1S/C28H25ClF3N3O2/c1-3-18-9-8-12-21(15-18)35-24(17-25(34-35)28(30,31)32)27(36)33-23-16-20(13-14-22(23)29)26(37-4-2)19-10-6-5-7-11-19/h5-17,26H,3-4H2,1-2H3,(H,33,36). The third-order valence-corrected chi connectivity index (χ3v) is 6.10. The van der Waals surface area contributed by atoms with Crippen LogP contribution in [0.4, 0.5) is 18.9 Å². The highest BCUT2D eigenvalue weighted by Gasteiger charge is 2.36. The van der Waals surface area contributed by atoms with Gasteiger partial charge in [-0.3, -0.25) is 4.79 Å². The van der Waals surface area contributed by atoms with Crippen molar-refractivity contribution < 1.29 is 22.7 Å². The van der Waals surface area contributed by atoms with Crippen LogP contribution >= 0.6 is 11.6 Å². The van der Waals surface area contributed by atoms with Gasteiger partial charge in [-0.1, -0.05) is 67.1 Å². The Balaban J connectivity index is 1.71. The summed E-state index contributed by atoms with van der Waals surface area (Å²) in [7, 11) is 0. The summed E-state index contributed by atoms with van der Waals surface area (Å²) in [5.74, 6) is -0.781. The molecule has 0 spiro atoms. The molecule has 192 valence electrons. The number of amides is 1. The summed E-state index contributed by atoms with van der Waals surface area (Å²) >= 11 is 6.37. The zero-order valence-corrected chi connectivity index (χ0v) is 21.0. The van der Waals surface area contributed by atoms with Gasteiger partial charge >= 0.3 is 6.18 Å². The summed E-state index contributed by atoms with van der Waals surface area (Å²) in [5, 5.41) is 6.60. The number of nitrogens with one attached hydrogen (secondary N) is 1. The van der Waals surface area contributed by atoms with E-state index in [1.165, 1.54) is 0 Å². The van der Waals surface area contributed by atoms with Crippen molar-refractivity contribution in [1.29, 1.82) is 0 Å². The molecule has 0 aliphatic carbocycles. The summed E-state index contributed by atoms with van der Waals surface area (Å²) in [4.78, 5) is 13.3. The number of hydrogen-bond donors (Lipinski definition) is 1. The van der Waals surface area contributed by atoms with Crippen molar-refractivity contribution in [2.45, 2.75) is 32.5 Å². The zero-order valence-electron chi connectivity index (χ0n) is 20.2. The minimum absolute atomic E-state index is 0.232. The van der Waals surface area contributed by atoms with Gasteiger partial charge in [-0.15, -0.1) is 0 Å². The number of aryl methyl sites for hydroxylation is 1. The normalized spacial score (nSPS) is 12.4. The van der Waals surface area contributed by atoms with E-state index in [0.29, 0.717) is 18.7 Å². The molecule has 1 N–H and O–H groups in total. The van der Waals surface area contributed by atoms with Crippen LogP contribution in [0.3, 0.4) is 0 Å². The van der Waals surface area contributed by atoms with E-state index in [-0.39, 0.29) is 16.4 Å². The molecule has 0 radical (unpaired) electrons. The maximum absolute atomic E-state index is 13.5. The molecule has 0 saturated heterocycles. The maximum Gasteiger partial charge on any atom is 0.435 e. The van der Waals surface area contributed by atoms with Crippen LogP contribution in [-0.2, 0) is 17.3 Å². The van der Waals surface area contributed by atoms with Crippen molar-refractivity contribution in [1.82, 2.24) is 9.78 Å². The average Bonchev–Trinajstić information content (AvgIpc) is 3.36. The van der Waals surface area contributed by atoms with Crippen LogP contribution in [0.1, 0.15) is 52.8 Å². The second kappa shape index (κ2) is 11.2. The molecule has 1 heterocycles. The van der Waals surface area contributed by atoms with E-state index in [0.717, 1.165) is 27.4 Å². The SMILES string of the molecule is CCOC(c1ccccc1)c1ccc(Cl)c(NC(=O)c2cc(C(F)(F)F)nn2-c2cccc(CC)c2)c1. The van der Waals surface area contributed by atoms with Gasteiger partial charge in [-0.05, 0) is 54.3 Å². The van der Waals surface area contributed by atoms with E-state index in [2.05, 4.69) is 10.4 Å². The fourth-order valence-corrected chi connectivity index (χ4v) is 4.12. The number of anilines is 1. The predicted octanol–water partition coefficient (Wildman–Crippen LogP) is 7.49. The quantitative estimate of drug-likeness (QED) is 0.258. The van der Waals surface area contributed by atoms with Crippen LogP contribution in [0, 0.1) is 0 Å². The van der Waals surface area contributed by atoms with Gasteiger partial charge in [0.2, 0.25) is 0 Å². The van der Waals surface area contributed by atoms with Crippen molar-refractivity contribution in [3.8, 4) is 5.69 Å². The first kappa shape index (κ1) is 26.4. The van der Waals surface area contributed by atoms with Crippen molar-refractivity contribution in [3.63, 3.8) is 0 Å². The Kier molecular flexibility index (Phi) is 8.00. The van der Waals surface area contributed by atoms with E-state index in [1.54, 1.807) is 36.4 Å². The minimum Gasteiger partial charge on any atom is -0.369 e. The van der Waals surface area contributed by atoms with Gasteiger partial charge in [0.25, 0.3) is 5.91 Å². The lowest BCUT2D eigenvalue weighted by Gasteiger charge is -2.19. The summed E-state index contributed by atoms with van der Waals surface area (Å²) in [5.41, 5.74) is 1.69. The number of alkyl halides is 3. The molecule has 5 nitrogen and oxygen atoms in total. The molecule has 3 aromatic carbocycles. The van der Waals surface area contributed by atoms with Crippen molar-refractivity contribution in [3.05, 3.63) is 112 Å². The van der Waals surface area contributed by atoms with Crippen LogP contribution in [0.2, 0.25) is 5.02 Å². The molecule has 4 aromatic rings. The minimum atomic E-state index is -4.72. The Morgan fingerprint density at radius 1 is 1.00 bits per heavy atom. The van der Waals surface area contributed by atoms with Gasteiger partial charge in [-0.2, -0.15) is 18.3 Å². The van der Waals surface area contributed by atoms with Gasteiger partial charge in [0.05, 0.1) is 16.4 Å². The van der Waals surface area contributed by atoms with Crippen molar-refractivity contribution in [2.75, 3.05) is 11.9 Å². The topological polar surface area (TPSA) is 56.1 Å². The first-order chi connectivity index (χ1) is 17.7. The van der Waals surface area contributed by atoms with Crippen LogP contribution in [0.5, 0.6) is 0 Å². The monoisotopic (exact) mass is 527 g/mol. The Morgan fingerprint density at radius 3 is 2.43 bits per heavy atom. The predicted molar refractivity (Wildman–Crippen MR) is 137 cm³/mol. The Morgan fingerprint density at radius 2 is 1.76 bits per heavy atom. The van der Waals surface area contributed by atoms with E-state index >= 15 is 0 Å². The highest BCUT2D eigenvalue weighted by Crippen LogP contribution is 2.33. The molecule has 1 atom stereocenters. The van der Waals surface area contributed by atoms with Crippen LogP contribution in [0.25, 0.3) is 5.69 Å². The number of hydrogen-bond acceptors (Lipinski definition) is 3. The Bertz CT molecular complexity index is 1390. The maximum atomic E-state index is 13.5. The Labute approximate surface area is 217 Å². The van der Waals surface area contributed by atoms with Crippen molar-refractivity contribution >= 4 is 23.2 Å².